The van der Waals surface area contributed by atoms with Crippen LogP contribution in [0.1, 0.15) is 28.9 Å². The maximum absolute atomic E-state index is 13.5. The molecule has 1 amide bonds. The van der Waals surface area contributed by atoms with Gasteiger partial charge in [-0.25, -0.2) is 4.98 Å². The third-order valence-electron chi connectivity index (χ3n) is 4.01. The van der Waals surface area contributed by atoms with Gasteiger partial charge in [0.05, 0.1) is 5.56 Å². The summed E-state index contributed by atoms with van der Waals surface area (Å²) in [6.07, 6.45) is -7.29. The van der Waals surface area contributed by atoms with Crippen LogP contribution in [0.25, 0.3) is 11.3 Å². The molecule has 0 bridgehead atoms. The van der Waals surface area contributed by atoms with Crippen LogP contribution in [-0.4, -0.2) is 21.9 Å². The van der Waals surface area contributed by atoms with Crippen LogP contribution in [0.5, 0.6) is 5.75 Å². The van der Waals surface area contributed by atoms with E-state index in [9.17, 15) is 35.5 Å². The Bertz CT molecular complexity index is 1180. The molecule has 0 saturated heterocycles. The summed E-state index contributed by atoms with van der Waals surface area (Å²) >= 11 is 0.590. The van der Waals surface area contributed by atoms with Gasteiger partial charge in [-0.1, -0.05) is 12.1 Å². The fraction of sp³-hybridized carbons (Fsp3) is 0.211. The second kappa shape index (κ2) is 9.60. The maximum Gasteiger partial charge on any atom is 0.450 e. The molecule has 0 atom stereocenters. The lowest BCUT2D eigenvalue weighted by atomic mass is 10.1. The summed E-state index contributed by atoms with van der Waals surface area (Å²) < 4.78 is 103. The fourth-order valence-corrected chi connectivity index (χ4v) is 3.16. The molecular weight excluding hydrogens is 483 g/mol. The predicted molar refractivity (Wildman–Crippen MR) is 102 cm³/mol. The van der Waals surface area contributed by atoms with Gasteiger partial charge in [0.2, 0.25) is 10.9 Å². The van der Waals surface area contributed by atoms with Gasteiger partial charge < -0.3 is 9.15 Å². The summed E-state index contributed by atoms with van der Waals surface area (Å²) in [5.74, 6) is -3.68. The highest BCUT2D eigenvalue weighted by Crippen LogP contribution is 2.38. The molecule has 6 nitrogen and oxygen atoms in total. The van der Waals surface area contributed by atoms with Crippen molar-refractivity contribution in [2.24, 2.45) is 0 Å². The number of allylic oxidation sites excluding steroid dienone is 1. The molecule has 0 aliphatic carbocycles. The number of nitrogens with one attached hydrogen (secondary N) is 1. The lowest BCUT2D eigenvalue weighted by Gasteiger charge is -2.06. The summed E-state index contributed by atoms with van der Waals surface area (Å²) in [4.78, 5) is 16.3. The first kappa shape index (κ1) is 24.2. The number of nitrogens with zero attached hydrogens (tertiary/aromatic N) is 2. The van der Waals surface area contributed by atoms with Gasteiger partial charge in [-0.15, -0.1) is 0 Å². The summed E-state index contributed by atoms with van der Waals surface area (Å²) in [5.41, 5.74) is -1.26. The zero-order chi connectivity index (χ0) is 24.3. The van der Waals surface area contributed by atoms with Crippen molar-refractivity contribution in [1.29, 1.82) is 0 Å². The largest absolute Gasteiger partial charge is 0.451 e. The van der Waals surface area contributed by atoms with Crippen LogP contribution in [0, 0.1) is 0 Å². The smallest absolute Gasteiger partial charge is 0.450 e. The van der Waals surface area contributed by atoms with Crippen molar-refractivity contribution < 1.29 is 44.7 Å². The Kier molecular flexibility index (Phi) is 7.05. The number of amides is 1. The van der Waals surface area contributed by atoms with E-state index in [0.29, 0.717) is 11.5 Å². The van der Waals surface area contributed by atoms with Crippen LogP contribution in [-0.2, 0) is 12.6 Å². The van der Waals surface area contributed by atoms with Gasteiger partial charge in [-0.2, -0.15) is 35.1 Å². The Balaban J connectivity index is 1.88. The number of hydrogen-bond acceptors (Lipinski definition) is 6. The third-order valence-corrected chi connectivity index (χ3v) is 4.68. The Morgan fingerprint density at radius 1 is 1.24 bits per heavy atom. The third kappa shape index (κ3) is 6.09. The van der Waals surface area contributed by atoms with E-state index in [1.54, 1.807) is 0 Å². The summed E-state index contributed by atoms with van der Waals surface area (Å²) in [7, 11) is 0. The zero-order valence-corrected chi connectivity index (χ0v) is 17.2. The minimum absolute atomic E-state index is 0.0496. The van der Waals surface area contributed by atoms with Crippen molar-refractivity contribution in [3.05, 3.63) is 59.1 Å². The number of ether oxygens (including phenoxy) is 1. The molecule has 3 aromatic rings. The Labute approximate surface area is 184 Å². The standard InChI is InChI=1S/C19H12F7N3O3S/c1-8(15(20)21)5-13-27-18(33-29-13)28-16(30)11-7-12(32-14(11)19(24,25)26)9-3-2-4-10(6-9)31-17(22)23/h2-4,6-7,17H,5H2,1H3,(H,27,28,29,30). The quantitative estimate of drug-likeness (QED) is 0.385. The van der Waals surface area contributed by atoms with Crippen molar-refractivity contribution in [1.82, 2.24) is 9.36 Å². The molecule has 2 aromatic heterocycles. The SMILES string of the molecule is CC(Cc1nsc(NC(=O)c2cc(-c3cccc(OC(F)F)c3)oc2C(F)(F)F)n1)=C(F)F. The van der Waals surface area contributed by atoms with E-state index < -0.39 is 41.9 Å². The van der Waals surface area contributed by atoms with Crippen molar-refractivity contribution in [3.63, 3.8) is 0 Å². The molecule has 0 aliphatic heterocycles. The van der Waals surface area contributed by atoms with E-state index >= 15 is 0 Å². The highest BCUT2D eigenvalue weighted by Gasteiger charge is 2.40. The molecule has 33 heavy (non-hydrogen) atoms. The molecule has 0 fully saturated rings. The minimum Gasteiger partial charge on any atom is -0.451 e. The van der Waals surface area contributed by atoms with Crippen LogP contribution >= 0.6 is 11.5 Å². The van der Waals surface area contributed by atoms with Gasteiger partial charge in [-0.3, -0.25) is 10.1 Å². The van der Waals surface area contributed by atoms with E-state index in [4.69, 9.17) is 4.42 Å². The van der Waals surface area contributed by atoms with Gasteiger partial charge in [0.15, 0.2) is 0 Å². The number of aromatic nitrogens is 2. The molecule has 2 heterocycles. The van der Waals surface area contributed by atoms with E-state index in [-0.39, 0.29) is 34.3 Å². The molecule has 1 N–H and O–H groups in total. The van der Waals surface area contributed by atoms with Crippen molar-refractivity contribution in [2.45, 2.75) is 26.1 Å². The number of hydrogen-bond donors (Lipinski definition) is 1. The van der Waals surface area contributed by atoms with Crippen LogP contribution in [0.15, 0.2) is 46.4 Å². The monoisotopic (exact) mass is 495 g/mol. The Hall–Kier alpha value is -3.42. The van der Waals surface area contributed by atoms with Crippen LogP contribution in [0.3, 0.4) is 0 Å². The molecule has 3 rings (SSSR count). The number of furan rings is 1. The van der Waals surface area contributed by atoms with Crippen LogP contribution in [0.4, 0.5) is 35.9 Å². The Morgan fingerprint density at radius 3 is 2.61 bits per heavy atom. The first-order valence-electron chi connectivity index (χ1n) is 8.85. The summed E-state index contributed by atoms with van der Waals surface area (Å²) in [5, 5.41) is 1.90. The first-order valence-corrected chi connectivity index (χ1v) is 9.62. The van der Waals surface area contributed by atoms with E-state index in [1.807, 2.05) is 0 Å². The van der Waals surface area contributed by atoms with Gasteiger partial charge in [-0.05, 0) is 30.7 Å². The molecule has 176 valence electrons. The minimum atomic E-state index is -5.06. The van der Waals surface area contributed by atoms with Crippen LogP contribution < -0.4 is 10.1 Å². The fourth-order valence-electron chi connectivity index (χ4n) is 2.58. The number of benzene rings is 1. The topological polar surface area (TPSA) is 77.2 Å². The number of alkyl halides is 5. The van der Waals surface area contributed by atoms with Crippen molar-refractivity contribution >= 4 is 22.6 Å². The molecule has 0 spiro atoms. The number of carbonyl (C=O) groups is 1. The molecule has 14 heteroatoms. The average molecular weight is 495 g/mol. The summed E-state index contributed by atoms with van der Waals surface area (Å²) in [6, 6.07) is 5.49. The van der Waals surface area contributed by atoms with E-state index in [2.05, 4.69) is 19.4 Å². The lowest BCUT2D eigenvalue weighted by Crippen LogP contribution is -2.16. The second-order valence-corrected chi connectivity index (χ2v) is 7.20. The number of rotatable bonds is 7. The molecule has 0 saturated carbocycles. The van der Waals surface area contributed by atoms with E-state index in [0.717, 1.165) is 25.1 Å². The number of carbonyl (C=O) groups excluding carboxylic acids is 1. The van der Waals surface area contributed by atoms with Crippen molar-refractivity contribution in [2.75, 3.05) is 5.32 Å². The number of halogens is 7. The summed E-state index contributed by atoms with van der Waals surface area (Å²) in [6.45, 7) is -2.00. The molecule has 0 radical (unpaired) electrons. The van der Waals surface area contributed by atoms with Crippen molar-refractivity contribution in [3.8, 4) is 17.1 Å². The normalized spacial score (nSPS) is 11.5. The average Bonchev–Trinajstić information content (AvgIpc) is 3.34. The van der Waals surface area contributed by atoms with E-state index in [1.165, 1.54) is 12.1 Å². The number of anilines is 1. The highest BCUT2D eigenvalue weighted by molar-refractivity contribution is 7.09. The first-order chi connectivity index (χ1) is 15.4. The van der Waals surface area contributed by atoms with Crippen LogP contribution in [0.2, 0.25) is 0 Å². The Morgan fingerprint density at radius 2 is 1.97 bits per heavy atom. The zero-order valence-electron chi connectivity index (χ0n) is 16.3. The molecule has 0 unspecified atom stereocenters. The molecular formula is C19H12F7N3O3S. The predicted octanol–water partition coefficient (Wildman–Crippen LogP) is 6.38. The lowest BCUT2D eigenvalue weighted by molar-refractivity contribution is -0.153. The van der Waals surface area contributed by atoms with Gasteiger partial charge >= 0.3 is 12.8 Å². The molecule has 0 aliphatic rings. The molecule has 1 aromatic carbocycles. The second-order valence-electron chi connectivity index (χ2n) is 6.44. The maximum atomic E-state index is 13.5. The van der Waals surface area contributed by atoms with Gasteiger partial charge in [0.25, 0.3) is 12.0 Å². The van der Waals surface area contributed by atoms with Gasteiger partial charge in [0.1, 0.15) is 17.3 Å². The highest BCUT2D eigenvalue weighted by atomic mass is 32.1. The van der Waals surface area contributed by atoms with Gasteiger partial charge in [0, 0.05) is 23.5 Å².